The maximum atomic E-state index is 10.4. The third-order valence-electron chi connectivity index (χ3n) is 9.28. The quantitative estimate of drug-likeness (QED) is 0.289. The molecule has 0 unspecified atom stereocenters. The van der Waals surface area contributed by atoms with Crippen molar-refractivity contribution in [2.24, 2.45) is 23.2 Å². The zero-order valence-electron chi connectivity index (χ0n) is 21.9. The Hall–Kier alpha value is -1.20. The molecule has 34 heavy (non-hydrogen) atoms. The lowest BCUT2D eigenvalue weighted by Crippen LogP contribution is -2.35. The molecule has 4 heteroatoms. The molecule has 0 bridgehead atoms. The van der Waals surface area contributed by atoms with Gasteiger partial charge in [-0.25, -0.2) is 0 Å². The van der Waals surface area contributed by atoms with E-state index in [0.717, 1.165) is 17.6 Å². The fraction of sp³-hybridized carbons (Fsp3) is 0.733. The second-order valence-electron chi connectivity index (χ2n) is 11.4. The smallest absolute Gasteiger partial charge is 0.0875 e. The molecule has 0 aromatic heterocycles. The van der Waals surface area contributed by atoms with E-state index in [4.69, 9.17) is 4.74 Å². The van der Waals surface area contributed by atoms with Crippen LogP contribution in [0.2, 0.25) is 0 Å². The van der Waals surface area contributed by atoms with Crippen molar-refractivity contribution >= 4 is 0 Å². The first-order valence-electron chi connectivity index (χ1n) is 13.5. The monoisotopic (exact) mass is 472 g/mol. The molecule has 0 heterocycles. The number of hydrogen-bond donors (Lipinski definition) is 3. The Morgan fingerprint density at radius 2 is 1.94 bits per heavy atom. The van der Waals surface area contributed by atoms with Crippen LogP contribution in [-0.4, -0.2) is 46.3 Å². The zero-order valence-corrected chi connectivity index (χ0v) is 21.9. The summed E-state index contributed by atoms with van der Waals surface area (Å²) in [5, 5.41) is 30.6. The van der Waals surface area contributed by atoms with E-state index in [2.05, 4.69) is 44.7 Å². The van der Waals surface area contributed by atoms with E-state index < -0.39 is 17.8 Å². The Balaban J connectivity index is 1.63. The summed E-state index contributed by atoms with van der Waals surface area (Å²) >= 11 is 0. The van der Waals surface area contributed by atoms with Crippen molar-refractivity contribution in [1.82, 2.24) is 0 Å². The van der Waals surface area contributed by atoms with Crippen LogP contribution in [0.3, 0.4) is 0 Å². The van der Waals surface area contributed by atoms with E-state index in [0.29, 0.717) is 62.1 Å². The molecule has 192 valence electrons. The lowest BCUT2D eigenvalue weighted by molar-refractivity contribution is -0.0447. The molecule has 0 aliphatic heterocycles. The normalized spacial score (nSPS) is 35.9. The number of ether oxygens (including phenoxy) is 1. The fourth-order valence-electron chi connectivity index (χ4n) is 6.78. The second kappa shape index (κ2) is 11.7. The molecule has 3 N–H and O–H groups in total. The molecule has 3 saturated carbocycles. The van der Waals surface area contributed by atoms with Crippen LogP contribution in [0.15, 0.2) is 47.6 Å². The van der Waals surface area contributed by atoms with Crippen LogP contribution < -0.4 is 0 Å². The van der Waals surface area contributed by atoms with Gasteiger partial charge in [-0.1, -0.05) is 64.2 Å². The summed E-state index contributed by atoms with van der Waals surface area (Å²) in [7, 11) is 0. The number of hydrogen-bond acceptors (Lipinski definition) is 4. The minimum atomic E-state index is -0.702. The van der Waals surface area contributed by atoms with Gasteiger partial charge < -0.3 is 20.1 Å². The Bertz CT molecular complexity index is 790. The maximum absolute atomic E-state index is 10.4. The molecular formula is C30H48O4. The highest BCUT2D eigenvalue weighted by molar-refractivity contribution is 5.38. The van der Waals surface area contributed by atoms with Crippen molar-refractivity contribution in [2.45, 2.75) is 103 Å². The molecule has 0 saturated heterocycles. The molecule has 0 radical (unpaired) electrons. The minimum absolute atomic E-state index is 0.306. The molecule has 0 amide bonds. The highest BCUT2D eigenvalue weighted by Gasteiger charge is 2.50. The second-order valence-corrected chi connectivity index (χ2v) is 11.4. The standard InChI is InChI=1S/C30H48O4/c1-6-30(33,7-2)20-34-17-9-10-21(3)26-14-15-27-23(11-8-16-29(26,27)5)12-13-24-18-25(31)19-28(32)22(24)4/h9-10,12-13,21,25-28,31-33H,4,6-8,11,14-20H2,1-3,5H3/t21-,25-,26-,27+,28+,29-/m1/s1. The van der Waals surface area contributed by atoms with Crippen molar-refractivity contribution in [3.05, 3.63) is 47.6 Å². The Morgan fingerprint density at radius 3 is 2.65 bits per heavy atom. The Labute approximate surface area is 207 Å². The summed E-state index contributed by atoms with van der Waals surface area (Å²) in [5.41, 5.74) is 2.90. The van der Waals surface area contributed by atoms with Gasteiger partial charge in [0.05, 0.1) is 31.0 Å². The molecule has 3 rings (SSSR count). The van der Waals surface area contributed by atoms with Gasteiger partial charge in [0, 0.05) is 6.42 Å². The largest absolute Gasteiger partial charge is 0.393 e. The summed E-state index contributed by atoms with van der Waals surface area (Å²) < 4.78 is 5.76. The molecule has 6 atom stereocenters. The van der Waals surface area contributed by atoms with Gasteiger partial charge in [-0.15, -0.1) is 0 Å². The third-order valence-corrected chi connectivity index (χ3v) is 9.28. The van der Waals surface area contributed by atoms with E-state index in [1.54, 1.807) is 0 Å². The van der Waals surface area contributed by atoms with Crippen LogP contribution in [0.5, 0.6) is 0 Å². The molecule has 0 aromatic rings. The number of aliphatic hydroxyl groups is 3. The van der Waals surface area contributed by atoms with Crippen LogP contribution in [0, 0.1) is 23.2 Å². The third kappa shape index (κ3) is 6.13. The van der Waals surface area contributed by atoms with E-state index >= 15 is 0 Å². The number of fused-ring (bicyclic) bond motifs is 1. The first-order chi connectivity index (χ1) is 16.1. The van der Waals surface area contributed by atoms with E-state index in [9.17, 15) is 15.3 Å². The number of aliphatic hydroxyl groups excluding tert-OH is 2. The first kappa shape index (κ1) is 27.4. The van der Waals surface area contributed by atoms with Crippen molar-refractivity contribution in [1.29, 1.82) is 0 Å². The summed E-state index contributed by atoms with van der Waals surface area (Å²) in [6, 6.07) is 0. The van der Waals surface area contributed by atoms with Gasteiger partial charge >= 0.3 is 0 Å². The highest BCUT2D eigenvalue weighted by Crippen LogP contribution is 2.59. The van der Waals surface area contributed by atoms with Crippen LogP contribution in [-0.2, 0) is 4.74 Å². The molecule has 0 aromatic carbocycles. The summed E-state index contributed by atoms with van der Waals surface area (Å²) in [6.45, 7) is 13.9. The summed E-state index contributed by atoms with van der Waals surface area (Å²) in [6.07, 6.45) is 16.3. The lowest BCUT2D eigenvalue weighted by Gasteiger charge is -2.44. The van der Waals surface area contributed by atoms with E-state index in [1.807, 2.05) is 13.8 Å². The molecule has 4 nitrogen and oxygen atoms in total. The predicted molar refractivity (Wildman–Crippen MR) is 139 cm³/mol. The minimum Gasteiger partial charge on any atom is -0.393 e. The van der Waals surface area contributed by atoms with Crippen LogP contribution in [0.1, 0.15) is 85.5 Å². The van der Waals surface area contributed by atoms with Crippen molar-refractivity contribution < 1.29 is 20.1 Å². The average Bonchev–Trinajstić information content (AvgIpc) is 3.17. The van der Waals surface area contributed by atoms with Gasteiger partial charge in [0.25, 0.3) is 0 Å². The van der Waals surface area contributed by atoms with Gasteiger partial charge in [-0.3, -0.25) is 0 Å². The average molecular weight is 473 g/mol. The van der Waals surface area contributed by atoms with Gasteiger partial charge in [0.15, 0.2) is 0 Å². The van der Waals surface area contributed by atoms with Crippen molar-refractivity contribution in [3.8, 4) is 0 Å². The van der Waals surface area contributed by atoms with E-state index in [1.165, 1.54) is 31.3 Å². The molecule has 0 spiro atoms. The lowest BCUT2D eigenvalue weighted by atomic mass is 9.61. The first-order valence-corrected chi connectivity index (χ1v) is 13.5. The molecule has 3 aliphatic rings. The summed E-state index contributed by atoms with van der Waals surface area (Å²) in [4.78, 5) is 0. The topological polar surface area (TPSA) is 69.9 Å². The van der Waals surface area contributed by atoms with Crippen molar-refractivity contribution in [3.63, 3.8) is 0 Å². The molecular weight excluding hydrogens is 424 g/mol. The highest BCUT2D eigenvalue weighted by atomic mass is 16.5. The fourth-order valence-corrected chi connectivity index (χ4v) is 6.78. The van der Waals surface area contributed by atoms with E-state index in [-0.39, 0.29) is 0 Å². The van der Waals surface area contributed by atoms with Crippen LogP contribution >= 0.6 is 0 Å². The summed E-state index contributed by atoms with van der Waals surface area (Å²) in [5.74, 6) is 1.75. The zero-order chi connectivity index (χ0) is 24.9. The van der Waals surface area contributed by atoms with Gasteiger partial charge in [0.2, 0.25) is 0 Å². The number of allylic oxidation sites excluding steroid dienone is 4. The van der Waals surface area contributed by atoms with Crippen LogP contribution in [0.25, 0.3) is 0 Å². The predicted octanol–water partition coefficient (Wildman–Crippen LogP) is 5.89. The number of rotatable bonds is 9. The van der Waals surface area contributed by atoms with Gasteiger partial charge in [-0.2, -0.15) is 0 Å². The molecule has 3 fully saturated rings. The van der Waals surface area contributed by atoms with Crippen molar-refractivity contribution in [2.75, 3.05) is 13.2 Å². The Morgan fingerprint density at radius 1 is 1.21 bits per heavy atom. The van der Waals surface area contributed by atoms with Crippen LogP contribution in [0.4, 0.5) is 0 Å². The van der Waals surface area contributed by atoms with Gasteiger partial charge in [-0.05, 0) is 85.7 Å². The van der Waals surface area contributed by atoms with Gasteiger partial charge in [0.1, 0.15) is 0 Å². The Kier molecular flexibility index (Phi) is 9.42. The SMILES string of the molecule is C=C1C(=CC=C2CCC[C@]3(C)[C@@H]([C@H](C)C=CCOCC(O)(CC)CC)CC[C@@H]23)C[C@@H](O)C[C@@H]1O. The molecule has 3 aliphatic carbocycles. The maximum Gasteiger partial charge on any atom is 0.0875 e.